The first-order valence-corrected chi connectivity index (χ1v) is 10.1. The van der Waals surface area contributed by atoms with Crippen LogP contribution >= 0.6 is 0 Å². The van der Waals surface area contributed by atoms with Crippen molar-refractivity contribution in [1.82, 2.24) is 4.72 Å². The second-order valence-electron chi connectivity index (χ2n) is 6.59. The van der Waals surface area contributed by atoms with Crippen LogP contribution in [0.15, 0.2) is 41.3 Å². The topological polar surface area (TPSA) is 72.5 Å². The van der Waals surface area contributed by atoms with Crippen molar-refractivity contribution in [2.75, 3.05) is 6.54 Å². The molecule has 134 valence electrons. The zero-order valence-electron chi connectivity index (χ0n) is 14.3. The molecule has 1 N–H and O–H groups in total. The van der Waals surface area contributed by atoms with E-state index in [1.54, 1.807) is 30.3 Å². The number of carbonyl (C=O) groups is 1. The number of nitrogens with one attached hydrogen (secondary N) is 1. The molecule has 25 heavy (non-hydrogen) atoms. The van der Waals surface area contributed by atoms with E-state index in [-0.39, 0.29) is 4.90 Å². The van der Waals surface area contributed by atoms with Crippen molar-refractivity contribution in [2.45, 2.75) is 43.9 Å². The van der Waals surface area contributed by atoms with Crippen molar-refractivity contribution in [3.05, 3.63) is 36.4 Å². The fourth-order valence-corrected chi connectivity index (χ4v) is 4.50. The molecule has 0 atom stereocenters. The van der Waals surface area contributed by atoms with Crippen LogP contribution < -0.4 is 9.46 Å². The highest BCUT2D eigenvalue weighted by molar-refractivity contribution is 7.89. The maximum Gasteiger partial charge on any atom is 0.308 e. The number of hydrogen-bond acceptors (Lipinski definition) is 4. The fourth-order valence-electron chi connectivity index (χ4n) is 3.35. The van der Waals surface area contributed by atoms with Crippen LogP contribution in [0.2, 0.25) is 0 Å². The van der Waals surface area contributed by atoms with Gasteiger partial charge in [-0.2, -0.15) is 0 Å². The Labute approximate surface area is 148 Å². The average molecular weight is 361 g/mol. The molecule has 0 saturated heterocycles. The summed E-state index contributed by atoms with van der Waals surface area (Å²) in [5.74, 6) is 0.460. The monoisotopic (exact) mass is 361 g/mol. The van der Waals surface area contributed by atoms with Gasteiger partial charge in [-0.25, -0.2) is 13.1 Å². The van der Waals surface area contributed by atoms with Gasteiger partial charge in [0.15, 0.2) is 0 Å². The first-order valence-electron chi connectivity index (χ1n) is 8.66. The molecular formula is C19H23NO4S. The molecule has 5 nitrogen and oxygen atoms in total. The van der Waals surface area contributed by atoms with E-state index in [1.165, 1.54) is 26.2 Å². The minimum atomic E-state index is -3.54. The van der Waals surface area contributed by atoms with Crippen molar-refractivity contribution in [2.24, 2.45) is 5.92 Å². The lowest BCUT2D eigenvalue weighted by molar-refractivity contribution is -0.131. The van der Waals surface area contributed by atoms with E-state index < -0.39 is 16.0 Å². The van der Waals surface area contributed by atoms with E-state index >= 15 is 0 Å². The van der Waals surface area contributed by atoms with Gasteiger partial charge in [-0.05, 0) is 48.4 Å². The normalized spacial score (nSPS) is 16.0. The summed E-state index contributed by atoms with van der Waals surface area (Å²) in [6.07, 6.45) is 5.79. The van der Waals surface area contributed by atoms with Crippen molar-refractivity contribution in [3.63, 3.8) is 0 Å². The van der Waals surface area contributed by atoms with Crippen molar-refractivity contribution in [3.8, 4) is 5.75 Å². The predicted octanol–water partition coefficient (Wildman–Crippen LogP) is 3.62. The second kappa shape index (κ2) is 7.54. The Balaban J connectivity index is 1.81. The lowest BCUT2D eigenvalue weighted by Crippen LogP contribution is -2.30. The number of carbonyl (C=O) groups excluding carboxylic acids is 1. The second-order valence-corrected chi connectivity index (χ2v) is 8.36. The quantitative estimate of drug-likeness (QED) is 0.652. The van der Waals surface area contributed by atoms with E-state index in [4.69, 9.17) is 4.74 Å². The Kier molecular flexibility index (Phi) is 5.39. The number of ether oxygens (including phenoxy) is 1. The summed E-state index contributed by atoms with van der Waals surface area (Å²) in [5.41, 5.74) is 0. The van der Waals surface area contributed by atoms with Crippen molar-refractivity contribution >= 4 is 26.8 Å². The summed E-state index contributed by atoms with van der Waals surface area (Å²) in [4.78, 5) is 11.4. The molecule has 0 bridgehead atoms. The van der Waals surface area contributed by atoms with Gasteiger partial charge in [-0.15, -0.1) is 0 Å². The van der Waals surface area contributed by atoms with Crippen LogP contribution in [0.5, 0.6) is 5.75 Å². The first-order chi connectivity index (χ1) is 12.0. The van der Waals surface area contributed by atoms with Crippen LogP contribution in [0.3, 0.4) is 0 Å². The van der Waals surface area contributed by atoms with Gasteiger partial charge in [0.25, 0.3) is 0 Å². The van der Waals surface area contributed by atoms with Crippen LogP contribution in [0.4, 0.5) is 0 Å². The first kappa shape index (κ1) is 17.9. The summed E-state index contributed by atoms with van der Waals surface area (Å²) in [6, 6.07) is 10.1. The highest BCUT2D eigenvalue weighted by Gasteiger charge is 2.19. The maximum atomic E-state index is 12.6. The number of benzene rings is 2. The minimum Gasteiger partial charge on any atom is -0.426 e. The fraction of sp³-hybridized carbons (Fsp3) is 0.421. The van der Waals surface area contributed by atoms with Gasteiger partial charge in [0.1, 0.15) is 5.75 Å². The third kappa shape index (κ3) is 4.38. The van der Waals surface area contributed by atoms with Gasteiger partial charge >= 0.3 is 5.97 Å². The van der Waals surface area contributed by atoms with Crippen LogP contribution in [-0.4, -0.2) is 20.9 Å². The van der Waals surface area contributed by atoms with Gasteiger partial charge in [0.2, 0.25) is 10.0 Å². The lowest BCUT2D eigenvalue weighted by atomic mass is 9.90. The summed E-state index contributed by atoms with van der Waals surface area (Å²) in [6.45, 7) is 1.83. The van der Waals surface area contributed by atoms with Crippen LogP contribution in [0.25, 0.3) is 10.8 Å². The van der Waals surface area contributed by atoms with Gasteiger partial charge in [-0.3, -0.25) is 4.79 Å². The molecule has 0 heterocycles. The Morgan fingerprint density at radius 1 is 1.16 bits per heavy atom. The summed E-state index contributed by atoms with van der Waals surface area (Å²) in [7, 11) is -3.54. The molecule has 1 saturated carbocycles. The van der Waals surface area contributed by atoms with Crippen molar-refractivity contribution < 1.29 is 17.9 Å². The van der Waals surface area contributed by atoms with Crippen molar-refractivity contribution in [1.29, 1.82) is 0 Å². The highest BCUT2D eigenvalue weighted by atomic mass is 32.2. The standard InChI is InChI=1S/C19H23NO4S/c1-14(21)24-19-9-5-8-16-12-17(10-11-18(16)19)25(22,23)20-13-15-6-3-2-4-7-15/h5,8-12,15,20H,2-4,6-7,13H2,1H3. The molecule has 3 rings (SSSR count). The van der Waals surface area contributed by atoms with Crippen LogP contribution in [-0.2, 0) is 14.8 Å². The molecule has 0 unspecified atom stereocenters. The number of sulfonamides is 1. The third-order valence-corrected chi connectivity index (χ3v) is 6.08. The largest absolute Gasteiger partial charge is 0.426 e. The molecule has 1 fully saturated rings. The number of hydrogen-bond donors (Lipinski definition) is 1. The smallest absolute Gasteiger partial charge is 0.308 e. The zero-order chi connectivity index (χ0) is 17.9. The lowest BCUT2D eigenvalue weighted by Gasteiger charge is -2.21. The predicted molar refractivity (Wildman–Crippen MR) is 97.0 cm³/mol. The molecule has 6 heteroatoms. The number of fused-ring (bicyclic) bond motifs is 1. The van der Waals surface area contributed by atoms with Crippen LogP contribution in [0, 0.1) is 5.92 Å². The summed E-state index contributed by atoms with van der Waals surface area (Å²) < 4.78 is 33.1. The van der Waals surface area contributed by atoms with E-state index in [2.05, 4.69) is 4.72 Å². The molecule has 0 aromatic heterocycles. The zero-order valence-corrected chi connectivity index (χ0v) is 15.1. The molecule has 2 aromatic carbocycles. The van der Waals surface area contributed by atoms with E-state index in [0.717, 1.165) is 18.2 Å². The summed E-state index contributed by atoms with van der Waals surface area (Å²) in [5, 5.41) is 1.43. The Morgan fingerprint density at radius 2 is 1.92 bits per heavy atom. The molecule has 1 aliphatic carbocycles. The molecule has 0 aliphatic heterocycles. The third-order valence-electron chi connectivity index (χ3n) is 4.66. The molecule has 0 amide bonds. The minimum absolute atomic E-state index is 0.232. The van der Waals surface area contributed by atoms with Gasteiger partial charge in [0.05, 0.1) is 4.90 Å². The molecular weight excluding hydrogens is 338 g/mol. The van der Waals surface area contributed by atoms with E-state index in [0.29, 0.717) is 23.6 Å². The van der Waals surface area contributed by atoms with E-state index in [1.807, 2.05) is 6.07 Å². The number of esters is 1. The SMILES string of the molecule is CC(=O)Oc1cccc2cc(S(=O)(=O)NCC3CCCCC3)ccc12. The Bertz CT molecular complexity index is 870. The molecule has 1 aliphatic rings. The van der Waals surface area contributed by atoms with Crippen LogP contribution in [0.1, 0.15) is 39.0 Å². The molecule has 0 radical (unpaired) electrons. The Hall–Kier alpha value is -1.92. The Morgan fingerprint density at radius 3 is 2.64 bits per heavy atom. The van der Waals surface area contributed by atoms with Gasteiger partial charge in [0, 0.05) is 18.9 Å². The number of rotatable bonds is 5. The molecule has 0 spiro atoms. The highest BCUT2D eigenvalue weighted by Crippen LogP contribution is 2.28. The average Bonchev–Trinajstić information content (AvgIpc) is 2.60. The molecule has 2 aromatic rings. The van der Waals surface area contributed by atoms with E-state index in [9.17, 15) is 13.2 Å². The summed E-state index contributed by atoms with van der Waals surface area (Å²) >= 11 is 0. The van der Waals surface area contributed by atoms with Gasteiger partial charge in [-0.1, -0.05) is 31.4 Å². The van der Waals surface area contributed by atoms with Gasteiger partial charge < -0.3 is 4.74 Å². The maximum absolute atomic E-state index is 12.6.